The van der Waals surface area contributed by atoms with Gasteiger partial charge in [0.1, 0.15) is 0 Å². The Bertz CT molecular complexity index is 5680. The molecule has 0 saturated heterocycles. The van der Waals surface area contributed by atoms with Crippen molar-refractivity contribution in [3.63, 3.8) is 0 Å². The molecule has 0 aliphatic rings. The molecule has 0 unspecified atom stereocenters. The lowest BCUT2D eigenvalue weighted by Gasteiger charge is -2.22. The van der Waals surface area contributed by atoms with Crippen molar-refractivity contribution in [2.24, 2.45) is 0 Å². The summed E-state index contributed by atoms with van der Waals surface area (Å²) in [5.41, 5.74) is 21.4. The molecule has 0 atom stereocenters. The van der Waals surface area contributed by atoms with Crippen LogP contribution in [0.25, 0.3) is 161 Å². The number of nitrogens with zero attached hydrogens (tertiary/aromatic N) is 9. The Kier molecular flexibility index (Phi) is 13.2. The fraction of sp³-hybridized carbons (Fsp3) is 0. The summed E-state index contributed by atoms with van der Waals surface area (Å²) in [6.07, 6.45) is 0. The number of hydrogen-bond acceptors (Lipinski definition) is 6. The number of rotatable bonds is 10. The first-order valence-electron chi connectivity index (χ1n) is 31.2. The van der Waals surface area contributed by atoms with Crippen molar-refractivity contribution in [3.05, 3.63) is 320 Å². The number of para-hydroxylation sites is 4. The second-order valence-electron chi connectivity index (χ2n) is 23.8. The minimum absolute atomic E-state index is 0.379. The third-order valence-electron chi connectivity index (χ3n) is 18.3. The molecule has 13 aromatic carbocycles. The molecule has 0 saturated carbocycles. The lowest BCUT2D eigenvalue weighted by Crippen LogP contribution is -2.04. The molecular formula is C86H49N9. The van der Waals surface area contributed by atoms with Crippen LogP contribution in [0, 0.1) is 45.3 Å². The summed E-state index contributed by atoms with van der Waals surface area (Å²) in [6, 6.07) is 111. The molecule has 0 amide bonds. The van der Waals surface area contributed by atoms with Gasteiger partial charge in [0.05, 0.1) is 96.7 Å². The lowest BCUT2D eigenvalue weighted by atomic mass is 9.91. The van der Waals surface area contributed by atoms with E-state index in [2.05, 4.69) is 262 Å². The summed E-state index contributed by atoms with van der Waals surface area (Å²) in [4.78, 5) is 11.1. The van der Waals surface area contributed by atoms with Crippen LogP contribution in [0.4, 0.5) is 0 Å². The van der Waals surface area contributed by atoms with Gasteiger partial charge >= 0.3 is 0 Å². The first-order chi connectivity index (χ1) is 46.9. The molecule has 0 spiro atoms. The maximum Gasteiger partial charge on any atom is 0.160 e. The predicted octanol–water partition coefficient (Wildman–Crippen LogP) is 20.9. The highest BCUT2D eigenvalue weighted by atomic mass is 15.0. The predicted molar refractivity (Wildman–Crippen MR) is 382 cm³/mol. The van der Waals surface area contributed by atoms with E-state index in [1.54, 1.807) is 12.1 Å². The van der Waals surface area contributed by atoms with Crippen LogP contribution in [0.5, 0.6) is 0 Å². The van der Waals surface area contributed by atoms with Gasteiger partial charge in [-0.15, -0.1) is 0 Å². The number of nitriles is 4. The fourth-order valence-corrected chi connectivity index (χ4v) is 14.0. The van der Waals surface area contributed by atoms with E-state index in [-0.39, 0.29) is 0 Å². The number of benzene rings is 13. The van der Waals surface area contributed by atoms with Crippen LogP contribution in [0.1, 0.15) is 22.3 Å². The van der Waals surface area contributed by atoms with Gasteiger partial charge in [0, 0.05) is 71.5 Å². The highest BCUT2D eigenvalue weighted by molar-refractivity contribution is 6.14. The van der Waals surface area contributed by atoms with E-state index >= 15 is 0 Å². The second-order valence-corrected chi connectivity index (χ2v) is 23.8. The zero-order chi connectivity index (χ0) is 63.7. The molecule has 17 rings (SSSR count). The van der Waals surface area contributed by atoms with Gasteiger partial charge in [-0.3, -0.25) is 0 Å². The third-order valence-corrected chi connectivity index (χ3v) is 18.3. The minimum atomic E-state index is 0.379. The van der Waals surface area contributed by atoms with Crippen molar-refractivity contribution in [2.75, 3.05) is 0 Å². The maximum absolute atomic E-state index is 10.3. The van der Waals surface area contributed by atoms with Crippen LogP contribution < -0.4 is 0 Å². The number of fused-ring (bicyclic) bond motifs is 9. The lowest BCUT2D eigenvalue weighted by molar-refractivity contribution is 1.16. The van der Waals surface area contributed by atoms with Crippen LogP contribution >= 0.6 is 0 Å². The molecule has 0 radical (unpaired) electrons. The summed E-state index contributed by atoms with van der Waals surface area (Å²) in [5, 5.41) is 47.5. The molecular weight excluding hydrogens is 1160 g/mol. The molecule has 438 valence electrons. The first kappa shape index (κ1) is 55.4. The first-order valence-corrected chi connectivity index (χ1v) is 31.2. The quantitative estimate of drug-likeness (QED) is 0.134. The van der Waals surface area contributed by atoms with Crippen molar-refractivity contribution in [3.8, 4) is 120 Å². The zero-order valence-corrected chi connectivity index (χ0v) is 50.8. The molecule has 95 heavy (non-hydrogen) atoms. The highest BCUT2D eigenvalue weighted by Crippen LogP contribution is 2.47. The molecule has 4 heterocycles. The fourth-order valence-electron chi connectivity index (χ4n) is 14.0. The highest BCUT2D eigenvalue weighted by Gasteiger charge is 2.26. The molecule has 4 aromatic heterocycles. The van der Waals surface area contributed by atoms with Gasteiger partial charge in [0.2, 0.25) is 0 Å². The van der Waals surface area contributed by atoms with E-state index < -0.39 is 0 Å². The van der Waals surface area contributed by atoms with E-state index in [0.717, 1.165) is 155 Å². The Morgan fingerprint density at radius 1 is 0.232 bits per heavy atom. The van der Waals surface area contributed by atoms with Crippen molar-refractivity contribution >= 4 is 65.4 Å². The van der Waals surface area contributed by atoms with Crippen molar-refractivity contribution < 1.29 is 0 Å². The van der Waals surface area contributed by atoms with E-state index in [4.69, 9.17) is 9.97 Å². The summed E-state index contributed by atoms with van der Waals surface area (Å²) in [5.74, 6) is 0.542. The summed E-state index contributed by atoms with van der Waals surface area (Å²) < 4.78 is 7.09. The Morgan fingerprint density at radius 3 is 0.958 bits per heavy atom. The summed E-state index contributed by atoms with van der Waals surface area (Å²) >= 11 is 0. The third kappa shape index (κ3) is 9.45. The monoisotopic (exact) mass is 1210 g/mol. The van der Waals surface area contributed by atoms with Crippen LogP contribution in [0.15, 0.2) is 297 Å². The van der Waals surface area contributed by atoms with Crippen molar-refractivity contribution in [1.82, 2.24) is 23.7 Å². The molecule has 0 aliphatic carbocycles. The van der Waals surface area contributed by atoms with Gasteiger partial charge in [-0.1, -0.05) is 170 Å². The SMILES string of the molecule is N#Cc1cc(C#N)cc(-c2ccc3c(c2)c2cc(-c4cc(C#N)cc(C#N)c4)ccc2n3-c2c(-c3cccc(-n4c5ccccc5c5ccccc54)c3)cc(-c3nc(-c4ccccc4)cc(-c4ccccc4)n3)cc2-c2cccc(-n3c4ccccc4c4ccccc43)c2)c1. The van der Waals surface area contributed by atoms with Gasteiger partial charge in [0.25, 0.3) is 0 Å². The molecule has 9 heteroatoms. The Morgan fingerprint density at radius 2 is 0.579 bits per heavy atom. The molecule has 0 aliphatic heterocycles. The van der Waals surface area contributed by atoms with Gasteiger partial charge in [-0.2, -0.15) is 21.0 Å². The van der Waals surface area contributed by atoms with Gasteiger partial charge in [0.15, 0.2) is 5.82 Å². The standard InChI is InChI=1S/C86H49N9/c87-50-54-37-55(51-88)40-64(39-54)60-33-35-83-75(45-60)76-46-61(65-41-56(52-89)38-57(42-65)53-90)34-36-84(76)95(83)85-73(62-21-15-23-67(43-62)93-79-29-11-7-25-69(79)70-26-8-12-30-80(70)93)47-66(86-91-77(58-17-3-1-4-18-58)49-78(92-86)59-19-5-2-6-20-59)48-74(85)63-22-16-24-68(44-63)94-81-31-13-9-27-71(81)72-28-10-14-32-82(72)94/h1-49H. The number of hydrogen-bond donors (Lipinski definition) is 0. The van der Waals surface area contributed by atoms with Crippen LogP contribution in [0.3, 0.4) is 0 Å². The Labute approximate surface area is 546 Å². The average molecular weight is 1210 g/mol. The van der Waals surface area contributed by atoms with E-state index in [1.165, 1.54) is 0 Å². The normalized spacial score (nSPS) is 11.3. The Hall–Kier alpha value is -13.7. The van der Waals surface area contributed by atoms with Crippen LogP contribution in [0.2, 0.25) is 0 Å². The second kappa shape index (κ2) is 22.7. The van der Waals surface area contributed by atoms with Gasteiger partial charge in [-0.25, -0.2) is 9.97 Å². The summed E-state index contributed by atoms with van der Waals surface area (Å²) in [7, 11) is 0. The Balaban J connectivity index is 1.02. The van der Waals surface area contributed by atoms with Gasteiger partial charge in [-0.05, 0) is 161 Å². The van der Waals surface area contributed by atoms with Crippen molar-refractivity contribution in [1.29, 1.82) is 21.0 Å². The maximum atomic E-state index is 10.3. The average Bonchev–Trinajstić information content (AvgIpc) is 1.62. The smallest absolute Gasteiger partial charge is 0.160 e. The number of aromatic nitrogens is 5. The van der Waals surface area contributed by atoms with Gasteiger partial charge < -0.3 is 13.7 Å². The van der Waals surface area contributed by atoms with Crippen LogP contribution in [-0.4, -0.2) is 23.7 Å². The van der Waals surface area contributed by atoms with E-state index in [9.17, 15) is 21.0 Å². The molecule has 0 fully saturated rings. The molecule has 0 N–H and O–H groups in total. The molecule has 9 nitrogen and oxygen atoms in total. The van der Waals surface area contributed by atoms with Crippen molar-refractivity contribution in [2.45, 2.75) is 0 Å². The van der Waals surface area contributed by atoms with Crippen LogP contribution in [-0.2, 0) is 0 Å². The zero-order valence-electron chi connectivity index (χ0n) is 50.8. The minimum Gasteiger partial charge on any atom is -0.309 e. The molecule has 0 bridgehead atoms. The largest absolute Gasteiger partial charge is 0.309 e. The molecule has 17 aromatic rings. The van der Waals surface area contributed by atoms with E-state index in [1.807, 2.05) is 60.7 Å². The van der Waals surface area contributed by atoms with E-state index in [0.29, 0.717) is 28.1 Å². The topological polar surface area (TPSA) is 136 Å². The summed E-state index contributed by atoms with van der Waals surface area (Å²) in [6.45, 7) is 0.